The van der Waals surface area contributed by atoms with E-state index in [2.05, 4.69) is 16.7 Å². The monoisotopic (exact) mass is 199 g/mol. The van der Waals surface area contributed by atoms with Crippen LogP contribution < -0.4 is 10.6 Å². The normalized spacial score (nSPS) is 14.1. The molecular formula is C11H9N3O. The number of anilines is 1. The molecule has 0 atom stereocenters. The van der Waals surface area contributed by atoms with Gasteiger partial charge in [-0.15, -0.1) is 0 Å². The zero-order chi connectivity index (χ0) is 10.7. The van der Waals surface area contributed by atoms with Crippen LogP contribution in [0.15, 0.2) is 36.0 Å². The van der Waals surface area contributed by atoms with Crippen molar-refractivity contribution in [3.8, 4) is 6.07 Å². The van der Waals surface area contributed by atoms with Gasteiger partial charge in [-0.25, -0.2) is 0 Å². The Labute approximate surface area is 87.2 Å². The molecule has 0 aliphatic carbocycles. The van der Waals surface area contributed by atoms with Gasteiger partial charge in [0.05, 0.1) is 17.8 Å². The summed E-state index contributed by atoms with van der Waals surface area (Å²) >= 11 is 0. The molecule has 1 aromatic rings. The molecule has 2 rings (SSSR count). The highest BCUT2D eigenvalue weighted by Crippen LogP contribution is 2.16. The third-order valence-corrected chi connectivity index (χ3v) is 2.10. The number of carbonyl (C=O) groups is 1. The number of benzene rings is 1. The number of hydrogen-bond donors (Lipinski definition) is 2. The van der Waals surface area contributed by atoms with Crippen molar-refractivity contribution < 1.29 is 4.79 Å². The maximum atomic E-state index is 10.9. The van der Waals surface area contributed by atoms with Gasteiger partial charge in [0.25, 0.3) is 0 Å². The van der Waals surface area contributed by atoms with Crippen molar-refractivity contribution in [2.75, 3.05) is 11.9 Å². The topological polar surface area (TPSA) is 64.9 Å². The molecule has 0 saturated heterocycles. The van der Waals surface area contributed by atoms with Gasteiger partial charge in [-0.1, -0.05) is 12.1 Å². The van der Waals surface area contributed by atoms with E-state index in [-0.39, 0.29) is 5.91 Å². The molecule has 1 heterocycles. The summed E-state index contributed by atoms with van der Waals surface area (Å²) in [5, 5.41) is 14.5. The van der Waals surface area contributed by atoms with E-state index in [1.54, 1.807) is 12.1 Å². The molecule has 0 saturated carbocycles. The second-order valence-corrected chi connectivity index (χ2v) is 3.17. The van der Waals surface area contributed by atoms with E-state index in [0.29, 0.717) is 12.1 Å². The second kappa shape index (κ2) is 3.84. The largest absolute Gasteiger partial charge is 0.356 e. The number of carbonyl (C=O) groups excluding carboxylic acids is 1. The van der Waals surface area contributed by atoms with Gasteiger partial charge in [0.15, 0.2) is 0 Å². The van der Waals surface area contributed by atoms with Crippen molar-refractivity contribution in [1.29, 1.82) is 5.26 Å². The Balaban J connectivity index is 2.22. The molecular weight excluding hydrogens is 190 g/mol. The summed E-state index contributed by atoms with van der Waals surface area (Å²) in [5.74, 6) is -0.105. The molecule has 1 aliphatic heterocycles. The van der Waals surface area contributed by atoms with Crippen LogP contribution in [-0.2, 0) is 4.79 Å². The number of amides is 1. The number of nitrogens with zero attached hydrogens (tertiary/aromatic N) is 1. The van der Waals surface area contributed by atoms with Crippen LogP contribution in [0.1, 0.15) is 5.56 Å². The van der Waals surface area contributed by atoms with Crippen LogP contribution in [0.4, 0.5) is 5.69 Å². The van der Waals surface area contributed by atoms with E-state index in [1.807, 2.05) is 12.1 Å². The smallest absolute Gasteiger partial charge is 0.246 e. The molecule has 0 aromatic heterocycles. The van der Waals surface area contributed by atoms with E-state index >= 15 is 0 Å². The Hall–Kier alpha value is -2.28. The SMILES string of the molecule is N#Cc1ccccc1NC1=CC(=O)NC1. The summed E-state index contributed by atoms with van der Waals surface area (Å²) in [5.41, 5.74) is 2.07. The van der Waals surface area contributed by atoms with Gasteiger partial charge in [-0.2, -0.15) is 5.26 Å². The molecule has 4 heteroatoms. The van der Waals surface area contributed by atoms with Gasteiger partial charge < -0.3 is 10.6 Å². The lowest BCUT2D eigenvalue weighted by atomic mass is 10.2. The van der Waals surface area contributed by atoms with Crippen molar-refractivity contribution in [3.05, 3.63) is 41.6 Å². The van der Waals surface area contributed by atoms with E-state index in [0.717, 1.165) is 11.4 Å². The molecule has 1 aliphatic rings. The first kappa shape index (κ1) is 9.28. The number of para-hydroxylation sites is 1. The van der Waals surface area contributed by atoms with Gasteiger partial charge in [-0.3, -0.25) is 4.79 Å². The maximum Gasteiger partial charge on any atom is 0.246 e. The lowest BCUT2D eigenvalue weighted by molar-refractivity contribution is -0.115. The molecule has 0 fully saturated rings. The van der Waals surface area contributed by atoms with Crippen LogP contribution >= 0.6 is 0 Å². The van der Waals surface area contributed by atoms with E-state index in [4.69, 9.17) is 5.26 Å². The van der Waals surface area contributed by atoms with Gasteiger partial charge in [0.2, 0.25) is 5.91 Å². The average Bonchev–Trinajstić information content (AvgIpc) is 2.65. The fourth-order valence-corrected chi connectivity index (χ4v) is 1.39. The van der Waals surface area contributed by atoms with Crippen LogP contribution in [0.3, 0.4) is 0 Å². The Morgan fingerprint density at radius 2 is 2.20 bits per heavy atom. The molecule has 1 amide bonds. The lowest BCUT2D eigenvalue weighted by Crippen LogP contribution is -2.16. The minimum Gasteiger partial charge on any atom is -0.356 e. The third-order valence-electron chi connectivity index (χ3n) is 2.10. The first-order chi connectivity index (χ1) is 7.29. The summed E-state index contributed by atoms with van der Waals surface area (Å²) in [6.07, 6.45) is 1.49. The Morgan fingerprint density at radius 1 is 1.40 bits per heavy atom. The van der Waals surface area contributed by atoms with Crippen LogP contribution in [-0.4, -0.2) is 12.5 Å². The summed E-state index contributed by atoms with van der Waals surface area (Å²) < 4.78 is 0. The summed E-state index contributed by atoms with van der Waals surface area (Å²) in [6, 6.07) is 9.27. The second-order valence-electron chi connectivity index (χ2n) is 3.17. The van der Waals surface area contributed by atoms with Crippen LogP contribution in [0.2, 0.25) is 0 Å². The molecule has 2 N–H and O–H groups in total. The number of hydrogen-bond acceptors (Lipinski definition) is 3. The average molecular weight is 199 g/mol. The molecule has 0 spiro atoms. The van der Waals surface area contributed by atoms with E-state index < -0.39 is 0 Å². The number of nitrogens with one attached hydrogen (secondary N) is 2. The standard InChI is InChI=1S/C11H9N3O/c12-6-8-3-1-2-4-10(8)14-9-5-11(15)13-7-9/h1-5,14H,7H2,(H,13,15). The third kappa shape index (κ3) is 1.97. The molecule has 4 nitrogen and oxygen atoms in total. The predicted octanol–water partition coefficient (Wildman–Crippen LogP) is 0.984. The van der Waals surface area contributed by atoms with Crippen LogP contribution in [0.25, 0.3) is 0 Å². The molecule has 1 aromatic carbocycles. The van der Waals surface area contributed by atoms with Crippen molar-refractivity contribution in [2.24, 2.45) is 0 Å². The zero-order valence-electron chi connectivity index (χ0n) is 7.95. The summed E-state index contributed by atoms with van der Waals surface area (Å²) in [6.45, 7) is 0.485. The lowest BCUT2D eigenvalue weighted by Gasteiger charge is -2.07. The fraction of sp³-hybridized carbons (Fsp3) is 0.0909. The van der Waals surface area contributed by atoms with E-state index in [9.17, 15) is 4.79 Å². The van der Waals surface area contributed by atoms with Crippen molar-refractivity contribution in [2.45, 2.75) is 0 Å². The molecule has 0 bridgehead atoms. The highest BCUT2D eigenvalue weighted by molar-refractivity contribution is 5.91. The van der Waals surface area contributed by atoms with Crippen molar-refractivity contribution in [3.63, 3.8) is 0 Å². The molecule has 74 valence electrons. The fourth-order valence-electron chi connectivity index (χ4n) is 1.39. The summed E-state index contributed by atoms with van der Waals surface area (Å²) in [4.78, 5) is 10.9. The highest BCUT2D eigenvalue weighted by atomic mass is 16.1. The zero-order valence-corrected chi connectivity index (χ0v) is 7.95. The maximum absolute atomic E-state index is 10.9. The Morgan fingerprint density at radius 3 is 2.87 bits per heavy atom. The summed E-state index contributed by atoms with van der Waals surface area (Å²) in [7, 11) is 0. The van der Waals surface area contributed by atoms with E-state index in [1.165, 1.54) is 6.08 Å². The van der Waals surface area contributed by atoms with Gasteiger partial charge in [0.1, 0.15) is 6.07 Å². The quantitative estimate of drug-likeness (QED) is 0.746. The van der Waals surface area contributed by atoms with Crippen molar-refractivity contribution in [1.82, 2.24) is 5.32 Å². The first-order valence-corrected chi connectivity index (χ1v) is 4.54. The number of rotatable bonds is 2. The van der Waals surface area contributed by atoms with Gasteiger partial charge in [0, 0.05) is 11.8 Å². The molecule has 0 unspecified atom stereocenters. The van der Waals surface area contributed by atoms with Crippen LogP contribution in [0, 0.1) is 11.3 Å². The van der Waals surface area contributed by atoms with Gasteiger partial charge >= 0.3 is 0 Å². The minimum atomic E-state index is -0.105. The Bertz CT molecular complexity index is 471. The predicted molar refractivity (Wildman–Crippen MR) is 55.9 cm³/mol. The minimum absolute atomic E-state index is 0.105. The highest BCUT2D eigenvalue weighted by Gasteiger charge is 2.11. The number of nitriles is 1. The van der Waals surface area contributed by atoms with Crippen molar-refractivity contribution >= 4 is 11.6 Å². The first-order valence-electron chi connectivity index (χ1n) is 4.54. The van der Waals surface area contributed by atoms with Crippen LogP contribution in [0.5, 0.6) is 0 Å². The molecule has 15 heavy (non-hydrogen) atoms. The Kier molecular flexibility index (Phi) is 2.38. The molecule has 0 radical (unpaired) electrons. The van der Waals surface area contributed by atoms with Gasteiger partial charge in [-0.05, 0) is 12.1 Å².